The van der Waals surface area contributed by atoms with E-state index >= 15 is 0 Å². The fourth-order valence-electron chi connectivity index (χ4n) is 2.11. The highest BCUT2D eigenvalue weighted by Crippen LogP contribution is 2.29. The van der Waals surface area contributed by atoms with Crippen LogP contribution in [0.4, 0.5) is 5.82 Å². The first kappa shape index (κ1) is 22.0. The summed E-state index contributed by atoms with van der Waals surface area (Å²) in [6, 6.07) is 4.89. The third-order valence-corrected chi connectivity index (χ3v) is 5.10. The maximum Gasteiger partial charge on any atom is 0.340 e. The molecule has 28 heavy (non-hydrogen) atoms. The topological polar surface area (TPSA) is 105 Å². The number of pyridine rings is 2. The van der Waals surface area contributed by atoms with Crippen molar-refractivity contribution in [1.29, 1.82) is 5.26 Å². The quantitative estimate of drug-likeness (QED) is 0.530. The molecule has 2 aromatic rings. The number of esters is 1. The van der Waals surface area contributed by atoms with Gasteiger partial charge in [-0.25, -0.2) is 14.8 Å². The summed E-state index contributed by atoms with van der Waals surface area (Å²) in [5.41, 5.74) is 0.813. The fourth-order valence-corrected chi connectivity index (χ4v) is 3.46. The van der Waals surface area contributed by atoms with Crippen LogP contribution < -0.4 is 5.32 Å². The number of carbonyl (C=O) groups excluding carboxylic acids is 2. The monoisotopic (exact) mass is 438 g/mol. The second-order valence-corrected chi connectivity index (χ2v) is 7.71. The number of amides is 1. The van der Waals surface area contributed by atoms with Crippen LogP contribution >= 0.6 is 35.0 Å². The minimum atomic E-state index is -0.610. The summed E-state index contributed by atoms with van der Waals surface area (Å²) < 4.78 is 4.97. The Balaban J connectivity index is 2.19. The Morgan fingerprint density at radius 3 is 2.71 bits per heavy atom. The van der Waals surface area contributed by atoms with Crippen molar-refractivity contribution < 1.29 is 14.3 Å². The summed E-state index contributed by atoms with van der Waals surface area (Å²) in [4.78, 5) is 32.7. The molecular weight excluding hydrogens is 423 g/mol. The summed E-state index contributed by atoms with van der Waals surface area (Å²) in [6.07, 6.45) is 1.37. The molecule has 0 saturated carbocycles. The second-order valence-electron chi connectivity index (χ2n) is 5.54. The first-order valence-electron chi connectivity index (χ1n) is 8.14. The minimum Gasteiger partial charge on any atom is -0.462 e. The van der Waals surface area contributed by atoms with E-state index in [2.05, 4.69) is 15.3 Å². The molecule has 0 bridgehead atoms. The maximum absolute atomic E-state index is 12.5. The number of nitrogens with zero attached hydrogens (tertiary/aromatic N) is 3. The summed E-state index contributed by atoms with van der Waals surface area (Å²) in [5, 5.41) is 12.3. The van der Waals surface area contributed by atoms with Crippen LogP contribution in [0.25, 0.3) is 0 Å². The van der Waals surface area contributed by atoms with Gasteiger partial charge in [-0.1, -0.05) is 35.0 Å². The molecule has 0 aliphatic rings. The van der Waals surface area contributed by atoms with Crippen molar-refractivity contribution in [3.8, 4) is 6.07 Å². The van der Waals surface area contributed by atoms with Gasteiger partial charge in [-0.15, -0.1) is 0 Å². The number of ether oxygens (including phenoxy) is 1. The van der Waals surface area contributed by atoms with Crippen molar-refractivity contribution in [3.63, 3.8) is 0 Å². The van der Waals surface area contributed by atoms with E-state index in [1.807, 2.05) is 6.07 Å². The molecule has 0 saturated heterocycles. The third kappa shape index (κ3) is 5.35. The molecule has 0 spiro atoms. The van der Waals surface area contributed by atoms with Crippen LogP contribution in [0.2, 0.25) is 10.0 Å². The van der Waals surface area contributed by atoms with Gasteiger partial charge >= 0.3 is 5.97 Å². The van der Waals surface area contributed by atoms with Gasteiger partial charge in [0.05, 0.1) is 38.7 Å². The molecule has 0 aliphatic heterocycles. The van der Waals surface area contributed by atoms with Crippen LogP contribution in [0.1, 0.15) is 35.5 Å². The van der Waals surface area contributed by atoms with Gasteiger partial charge in [0.1, 0.15) is 11.1 Å². The van der Waals surface area contributed by atoms with E-state index in [9.17, 15) is 14.9 Å². The highest BCUT2D eigenvalue weighted by atomic mass is 35.5. The van der Waals surface area contributed by atoms with Crippen molar-refractivity contribution >= 4 is 52.7 Å². The van der Waals surface area contributed by atoms with Crippen molar-refractivity contribution in [1.82, 2.24) is 9.97 Å². The van der Waals surface area contributed by atoms with E-state index < -0.39 is 11.2 Å². The zero-order chi connectivity index (χ0) is 20.8. The normalized spacial score (nSPS) is 11.4. The lowest BCUT2D eigenvalue weighted by Crippen LogP contribution is -2.23. The molecule has 0 fully saturated rings. The molecule has 0 radical (unpaired) electrons. The number of halogens is 2. The number of anilines is 1. The lowest BCUT2D eigenvalue weighted by molar-refractivity contribution is -0.115. The molecule has 2 heterocycles. The molecule has 10 heteroatoms. The Morgan fingerprint density at radius 1 is 1.39 bits per heavy atom. The fraction of sp³-hybridized carbons (Fsp3) is 0.278. The first-order valence-corrected chi connectivity index (χ1v) is 9.77. The third-order valence-electron chi connectivity index (χ3n) is 3.50. The number of carbonyl (C=O) groups is 2. The van der Waals surface area contributed by atoms with Crippen LogP contribution in [-0.2, 0) is 9.53 Å². The number of thioether (sulfide) groups is 1. The zero-order valence-corrected chi connectivity index (χ0v) is 17.6. The van der Waals surface area contributed by atoms with Crippen LogP contribution in [0, 0.1) is 18.3 Å². The van der Waals surface area contributed by atoms with E-state index in [0.29, 0.717) is 15.7 Å². The molecule has 1 unspecified atom stereocenters. The van der Waals surface area contributed by atoms with Gasteiger partial charge in [-0.05, 0) is 32.9 Å². The van der Waals surface area contributed by atoms with E-state index in [-0.39, 0.29) is 34.5 Å². The van der Waals surface area contributed by atoms with Gasteiger partial charge in [-0.3, -0.25) is 4.79 Å². The number of hydrogen-bond acceptors (Lipinski definition) is 7. The van der Waals surface area contributed by atoms with Crippen LogP contribution in [0.3, 0.4) is 0 Å². The maximum atomic E-state index is 12.5. The highest BCUT2D eigenvalue weighted by Gasteiger charge is 2.22. The Labute approximate surface area is 176 Å². The Kier molecular flexibility index (Phi) is 7.63. The number of nitriles is 1. The molecule has 1 atom stereocenters. The molecule has 7 nitrogen and oxygen atoms in total. The number of nitrogens with one attached hydrogen (secondary N) is 1. The Hall–Kier alpha value is -2.34. The summed E-state index contributed by atoms with van der Waals surface area (Å²) >= 11 is 12.9. The molecule has 0 aromatic carbocycles. The Bertz CT molecular complexity index is 963. The molecular formula is C18H16Cl2N4O3S. The van der Waals surface area contributed by atoms with E-state index in [0.717, 1.165) is 11.8 Å². The number of aromatic nitrogens is 2. The molecule has 1 amide bonds. The van der Waals surface area contributed by atoms with Crippen LogP contribution in [0.15, 0.2) is 23.4 Å². The number of aryl methyl sites for hydroxylation is 1. The standard InChI is InChI=1S/C18H16Cl2N4O3S/c1-4-27-18(26)13-5-11(7-21)17(23-9(13)2)28-10(3)16(25)24-15-14(20)6-12(19)8-22-15/h5-6,8,10H,4H2,1-3H3,(H,22,24,25). The molecule has 2 aromatic heterocycles. The summed E-state index contributed by atoms with van der Waals surface area (Å²) in [5.74, 6) is -0.736. The molecule has 2 rings (SSSR count). The van der Waals surface area contributed by atoms with Crippen molar-refractivity contribution in [2.24, 2.45) is 0 Å². The van der Waals surface area contributed by atoms with Crippen LogP contribution in [0.5, 0.6) is 0 Å². The number of hydrogen-bond donors (Lipinski definition) is 1. The van der Waals surface area contributed by atoms with E-state index in [4.69, 9.17) is 27.9 Å². The van der Waals surface area contributed by atoms with Gasteiger partial charge in [0.15, 0.2) is 5.82 Å². The largest absolute Gasteiger partial charge is 0.462 e. The van der Waals surface area contributed by atoms with Gasteiger partial charge in [0.25, 0.3) is 0 Å². The smallest absolute Gasteiger partial charge is 0.340 e. The SMILES string of the molecule is CCOC(=O)c1cc(C#N)c(SC(C)C(=O)Nc2ncc(Cl)cc2Cl)nc1C. The predicted octanol–water partition coefficient (Wildman–Crippen LogP) is 4.26. The lowest BCUT2D eigenvalue weighted by atomic mass is 10.1. The predicted molar refractivity (Wildman–Crippen MR) is 108 cm³/mol. The average molecular weight is 439 g/mol. The molecule has 1 N–H and O–H groups in total. The molecule has 146 valence electrons. The van der Waals surface area contributed by atoms with E-state index in [1.165, 1.54) is 18.3 Å². The van der Waals surface area contributed by atoms with Gasteiger partial charge in [0, 0.05) is 6.20 Å². The average Bonchev–Trinajstić information content (AvgIpc) is 2.64. The molecule has 0 aliphatic carbocycles. The van der Waals surface area contributed by atoms with E-state index in [1.54, 1.807) is 20.8 Å². The second kappa shape index (κ2) is 9.73. The highest BCUT2D eigenvalue weighted by molar-refractivity contribution is 8.00. The summed E-state index contributed by atoms with van der Waals surface area (Å²) in [6.45, 7) is 5.20. The number of rotatable bonds is 6. The Morgan fingerprint density at radius 2 is 2.11 bits per heavy atom. The lowest BCUT2D eigenvalue weighted by Gasteiger charge is -2.14. The van der Waals surface area contributed by atoms with Crippen molar-refractivity contribution in [2.45, 2.75) is 31.0 Å². The van der Waals surface area contributed by atoms with Gasteiger partial charge in [-0.2, -0.15) is 5.26 Å². The zero-order valence-electron chi connectivity index (χ0n) is 15.2. The van der Waals surface area contributed by atoms with Crippen LogP contribution in [-0.4, -0.2) is 33.7 Å². The van der Waals surface area contributed by atoms with Gasteiger partial charge in [0.2, 0.25) is 5.91 Å². The van der Waals surface area contributed by atoms with Crippen molar-refractivity contribution in [3.05, 3.63) is 45.2 Å². The van der Waals surface area contributed by atoms with Gasteiger partial charge < -0.3 is 10.1 Å². The summed E-state index contributed by atoms with van der Waals surface area (Å²) in [7, 11) is 0. The minimum absolute atomic E-state index is 0.181. The van der Waals surface area contributed by atoms with Crippen molar-refractivity contribution in [2.75, 3.05) is 11.9 Å². The first-order chi connectivity index (χ1) is 13.3.